The Hall–Kier alpha value is -4.10. The van der Waals surface area contributed by atoms with Crippen molar-refractivity contribution in [2.24, 2.45) is 0 Å². The maximum atomic E-state index is 14.0. The van der Waals surface area contributed by atoms with Crippen LogP contribution in [0.5, 0.6) is 0 Å². The zero-order valence-corrected chi connectivity index (χ0v) is 21.4. The highest BCUT2D eigenvalue weighted by Gasteiger charge is 2.34. The third kappa shape index (κ3) is 5.58. The first-order chi connectivity index (χ1) is 18.5. The molecule has 1 aliphatic rings. The van der Waals surface area contributed by atoms with Gasteiger partial charge in [0.25, 0.3) is 5.91 Å². The lowest BCUT2D eigenvalue weighted by molar-refractivity contribution is 0.0212. The number of hydrogen-bond donors (Lipinski definition) is 1. The Morgan fingerprint density at radius 1 is 1.03 bits per heavy atom. The molecule has 0 saturated carbocycles. The van der Waals surface area contributed by atoms with E-state index in [1.54, 1.807) is 23.2 Å². The first-order valence-electron chi connectivity index (χ1n) is 12.9. The maximum absolute atomic E-state index is 14.0. The van der Waals surface area contributed by atoms with Gasteiger partial charge in [0.1, 0.15) is 5.82 Å². The van der Waals surface area contributed by atoms with Crippen molar-refractivity contribution in [1.29, 1.82) is 0 Å². The van der Waals surface area contributed by atoms with Gasteiger partial charge in [-0.2, -0.15) is 0 Å². The van der Waals surface area contributed by atoms with Crippen molar-refractivity contribution < 1.29 is 14.3 Å². The van der Waals surface area contributed by atoms with Crippen molar-refractivity contribution in [3.8, 4) is 11.3 Å². The quantitative estimate of drug-likeness (QED) is 0.348. The molecule has 2 unspecified atom stereocenters. The number of benzene rings is 3. The number of nitrogens with zero attached hydrogens (tertiary/aromatic N) is 4. The molecule has 0 radical (unpaired) electrons. The molecule has 1 amide bonds. The minimum atomic E-state index is -0.775. The molecule has 5 rings (SSSR count). The van der Waals surface area contributed by atoms with Gasteiger partial charge in [-0.25, -0.2) is 14.4 Å². The van der Waals surface area contributed by atoms with Crippen LogP contribution >= 0.6 is 0 Å². The lowest BCUT2D eigenvalue weighted by Gasteiger charge is -2.39. The second kappa shape index (κ2) is 11.5. The van der Waals surface area contributed by atoms with Gasteiger partial charge in [0.15, 0.2) is 0 Å². The van der Waals surface area contributed by atoms with Crippen LogP contribution < -0.4 is 4.90 Å². The van der Waals surface area contributed by atoms with Crippen molar-refractivity contribution in [2.45, 2.75) is 38.0 Å². The van der Waals surface area contributed by atoms with Crippen LogP contribution in [0, 0.1) is 5.82 Å². The molecule has 1 N–H and O–H groups in total. The first-order valence-corrected chi connectivity index (χ1v) is 12.9. The molecule has 3 aromatic carbocycles. The predicted octanol–water partition coefficient (Wildman–Crippen LogP) is 5.65. The molecule has 2 atom stereocenters. The van der Waals surface area contributed by atoms with Crippen LogP contribution in [-0.4, -0.2) is 45.5 Å². The summed E-state index contributed by atoms with van der Waals surface area (Å²) in [6.07, 6.45) is 3.37. The Labute approximate surface area is 222 Å². The Morgan fingerprint density at radius 3 is 2.42 bits per heavy atom. The summed E-state index contributed by atoms with van der Waals surface area (Å²) in [6.45, 7) is 1.05. The number of anilines is 1. The van der Waals surface area contributed by atoms with Gasteiger partial charge in [-0.1, -0.05) is 72.8 Å². The molecule has 38 heavy (non-hydrogen) atoms. The summed E-state index contributed by atoms with van der Waals surface area (Å²) in [4.78, 5) is 27.1. The summed E-state index contributed by atoms with van der Waals surface area (Å²) in [7, 11) is 1.87. The summed E-state index contributed by atoms with van der Waals surface area (Å²) in [5.41, 5.74) is 3.48. The highest BCUT2D eigenvalue weighted by molar-refractivity contribution is 6.00. The van der Waals surface area contributed by atoms with Gasteiger partial charge < -0.3 is 14.9 Å². The molecule has 6 nitrogen and oxygen atoms in total. The normalized spacial score (nSPS) is 16.2. The van der Waals surface area contributed by atoms with E-state index in [1.807, 2.05) is 72.6 Å². The second-order valence-electron chi connectivity index (χ2n) is 9.70. The smallest absolute Gasteiger partial charge is 0.258 e. The minimum absolute atomic E-state index is 0.184. The molecule has 194 valence electrons. The Bertz CT molecular complexity index is 1370. The third-order valence-corrected chi connectivity index (χ3v) is 7.04. The summed E-state index contributed by atoms with van der Waals surface area (Å²) < 4.78 is 13.3. The molecule has 0 bridgehead atoms. The fraction of sp³-hybridized carbons (Fsp3) is 0.258. The molecular formula is C31H31FN4O2. The van der Waals surface area contributed by atoms with E-state index in [2.05, 4.69) is 4.98 Å². The van der Waals surface area contributed by atoms with Crippen LogP contribution in [0.25, 0.3) is 11.3 Å². The molecular weight excluding hydrogens is 479 g/mol. The highest BCUT2D eigenvalue weighted by Crippen LogP contribution is 2.32. The van der Waals surface area contributed by atoms with Gasteiger partial charge in [0.2, 0.25) is 5.95 Å². The lowest BCUT2D eigenvalue weighted by atomic mass is 9.92. The lowest BCUT2D eigenvalue weighted by Crippen LogP contribution is -2.47. The van der Waals surface area contributed by atoms with Gasteiger partial charge in [-0.15, -0.1) is 0 Å². The second-order valence-corrected chi connectivity index (χ2v) is 9.70. The Balaban J connectivity index is 1.48. The largest absolute Gasteiger partial charge is 0.386 e. The Kier molecular flexibility index (Phi) is 7.75. The number of hydrogen-bond acceptors (Lipinski definition) is 5. The van der Waals surface area contributed by atoms with Gasteiger partial charge in [0, 0.05) is 31.9 Å². The topological polar surface area (TPSA) is 69.6 Å². The highest BCUT2D eigenvalue weighted by atomic mass is 19.1. The van der Waals surface area contributed by atoms with Crippen LogP contribution in [0.15, 0.2) is 91.1 Å². The molecule has 1 aromatic heterocycles. The standard InChI is InChI=1S/C31H31FN4O2/c1-35(21-22-15-17-25(32)18-16-22)31-33-20-26(28(34-31)23-10-4-2-5-11-23)30(38)36-19-9-8-14-27(36)29(37)24-12-6-3-7-13-24/h2-7,10-13,15-18,20,27,29,37H,8-9,14,19,21H2,1H3. The van der Waals surface area contributed by atoms with E-state index in [9.17, 15) is 14.3 Å². The van der Waals surface area contributed by atoms with E-state index in [1.165, 1.54) is 12.1 Å². The van der Waals surface area contributed by atoms with Crippen LogP contribution in [0.1, 0.15) is 46.9 Å². The average Bonchev–Trinajstić information content (AvgIpc) is 2.98. The first kappa shape index (κ1) is 25.5. The number of amides is 1. The summed E-state index contributed by atoms with van der Waals surface area (Å²) in [5.74, 6) is -0.00389. The van der Waals surface area contributed by atoms with Crippen LogP contribution in [-0.2, 0) is 6.54 Å². The van der Waals surface area contributed by atoms with E-state index in [0.29, 0.717) is 30.3 Å². The van der Waals surface area contributed by atoms with Gasteiger partial charge >= 0.3 is 0 Å². The van der Waals surface area contributed by atoms with E-state index in [-0.39, 0.29) is 17.8 Å². The number of aliphatic hydroxyl groups excluding tert-OH is 1. The van der Waals surface area contributed by atoms with E-state index in [4.69, 9.17) is 4.98 Å². The van der Waals surface area contributed by atoms with E-state index < -0.39 is 6.10 Å². The minimum Gasteiger partial charge on any atom is -0.386 e. The zero-order chi connectivity index (χ0) is 26.5. The van der Waals surface area contributed by atoms with Gasteiger partial charge in [-0.3, -0.25) is 4.79 Å². The van der Waals surface area contributed by atoms with Crippen molar-refractivity contribution in [1.82, 2.24) is 14.9 Å². The summed E-state index contributed by atoms with van der Waals surface area (Å²) in [5, 5.41) is 11.2. The molecule has 1 saturated heterocycles. The summed E-state index contributed by atoms with van der Waals surface area (Å²) in [6, 6.07) is 25.1. The third-order valence-electron chi connectivity index (χ3n) is 7.04. The molecule has 0 spiro atoms. The molecule has 2 heterocycles. The number of aromatic nitrogens is 2. The SMILES string of the molecule is CN(Cc1ccc(F)cc1)c1ncc(C(=O)N2CCCCC2C(O)c2ccccc2)c(-c2ccccc2)n1. The molecule has 1 fully saturated rings. The van der Waals surface area contributed by atoms with Crippen molar-refractivity contribution in [3.63, 3.8) is 0 Å². The molecule has 1 aliphatic heterocycles. The fourth-order valence-corrected chi connectivity index (χ4v) is 5.03. The summed E-state index contributed by atoms with van der Waals surface area (Å²) >= 11 is 0. The Morgan fingerprint density at radius 2 is 1.71 bits per heavy atom. The number of rotatable bonds is 7. The van der Waals surface area contributed by atoms with Crippen molar-refractivity contribution in [2.75, 3.05) is 18.5 Å². The van der Waals surface area contributed by atoms with E-state index >= 15 is 0 Å². The van der Waals surface area contributed by atoms with Crippen molar-refractivity contribution >= 4 is 11.9 Å². The number of carbonyl (C=O) groups is 1. The van der Waals surface area contributed by atoms with Gasteiger partial charge in [-0.05, 0) is 42.5 Å². The van der Waals surface area contributed by atoms with Crippen LogP contribution in [0.3, 0.4) is 0 Å². The molecule has 4 aromatic rings. The zero-order valence-electron chi connectivity index (χ0n) is 21.4. The monoisotopic (exact) mass is 510 g/mol. The maximum Gasteiger partial charge on any atom is 0.258 e. The number of carbonyl (C=O) groups excluding carboxylic acids is 1. The number of piperidine rings is 1. The van der Waals surface area contributed by atoms with Crippen LogP contribution in [0.4, 0.5) is 10.3 Å². The number of halogens is 1. The van der Waals surface area contributed by atoms with Crippen LogP contribution in [0.2, 0.25) is 0 Å². The average molecular weight is 511 g/mol. The number of aliphatic hydroxyl groups is 1. The number of likely N-dealkylation sites (tertiary alicyclic amines) is 1. The van der Waals surface area contributed by atoms with Crippen molar-refractivity contribution in [3.05, 3.63) is 114 Å². The van der Waals surface area contributed by atoms with E-state index in [0.717, 1.165) is 36.0 Å². The molecule has 0 aliphatic carbocycles. The fourth-order valence-electron chi connectivity index (χ4n) is 5.03. The van der Waals surface area contributed by atoms with Gasteiger partial charge in [0.05, 0.1) is 23.4 Å². The predicted molar refractivity (Wildman–Crippen MR) is 146 cm³/mol. The molecule has 7 heteroatoms.